The number of aliphatic hydroxyl groups is 1. The van der Waals surface area contributed by atoms with Crippen LogP contribution in [0.5, 0.6) is 0 Å². The predicted molar refractivity (Wildman–Crippen MR) is 70.7 cm³/mol. The van der Waals surface area contributed by atoms with Crippen molar-refractivity contribution in [1.82, 2.24) is 0 Å². The maximum absolute atomic E-state index is 11.1. The third-order valence-electron chi connectivity index (χ3n) is 2.70. The van der Waals surface area contributed by atoms with Gasteiger partial charge in [-0.25, -0.2) is 0 Å². The van der Waals surface area contributed by atoms with E-state index in [2.05, 4.69) is 0 Å². The van der Waals surface area contributed by atoms with E-state index in [9.17, 15) is 20.0 Å². The third kappa shape index (κ3) is 3.65. The molecule has 19 heavy (non-hydrogen) atoms. The average molecular weight is 267 g/mol. The van der Waals surface area contributed by atoms with Crippen molar-refractivity contribution in [1.29, 1.82) is 0 Å². The van der Waals surface area contributed by atoms with Crippen molar-refractivity contribution in [2.75, 3.05) is 11.4 Å². The summed E-state index contributed by atoms with van der Waals surface area (Å²) in [4.78, 5) is 22.9. The number of nitro benzene ring substituents is 1. The highest BCUT2D eigenvalue weighted by molar-refractivity contribution is 5.80. The van der Waals surface area contributed by atoms with E-state index in [1.165, 1.54) is 18.2 Å². The zero-order chi connectivity index (χ0) is 14.6. The van der Waals surface area contributed by atoms with Gasteiger partial charge in [0.1, 0.15) is 0 Å². The van der Waals surface area contributed by atoms with Crippen molar-refractivity contribution in [2.45, 2.75) is 26.5 Å². The number of carbonyl (C=O) groups excluding carboxylic acids is 1. The molecular formula is C12H17N3O4. The Morgan fingerprint density at radius 3 is 2.58 bits per heavy atom. The maximum atomic E-state index is 11.1. The van der Waals surface area contributed by atoms with E-state index in [0.717, 1.165) is 0 Å². The molecule has 0 radical (unpaired) electrons. The molecule has 0 heterocycles. The highest BCUT2D eigenvalue weighted by Crippen LogP contribution is 2.26. The number of anilines is 1. The summed E-state index contributed by atoms with van der Waals surface area (Å²) in [5, 5.41) is 20.0. The number of primary amides is 1. The van der Waals surface area contributed by atoms with Gasteiger partial charge in [-0.2, -0.15) is 0 Å². The number of non-ortho nitro benzene ring substituents is 1. The molecular weight excluding hydrogens is 250 g/mol. The van der Waals surface area contributed by atoms with Crippen molar-refractivity contribution in [3.05, 3.63) is 33.9 Å². The van der Waals surface area contributed by atoms with Crippen molar-refractivity contribution >= 4 is 17.3 Å². The lowest BCUT2D eigenvalue weighted by Crippen LogP contribution is -2.39. The molecule has 0 fully saturated rings. The van der Waals surface area contributed by atoms with Crippen LogP contribution in [-0.4, -0.2) is 28.5 Å². The standard InChI is InChI=1S/C12H17N3O4/c1-8(2)14(6-12(13)17)11-4-3-10(15(18)19)5-9(11)7-16/h3-5,8,16H,6-7H2,1-2H3,(H2,13,17). The van der Waals surface area contributed by atoms with E-state index in [4.69, 9.17) is 5.73 Å². The van der Waals surface area contributed by atoms with Gasteiger partial charge in [-0.3, -0.25) is 14.9 Å². The predicted octanol–water partition coefficient (Wildman–Crippen LogP) is 0.787. The normalized spacial score (nSPS) is 10.5. The van der Waals surface area contributed by atoms with E-state index in [1.54, 1.807) is 4.90 Å². The van der Waals surface area contributed by atoms with Gasteiger partial charge < -0.3 is 15.7 Å². The summed E-state index contributed by atoms with van der Waals surface area (Å²) in [5.74, 6) is -0.504. The van der Waals surface area contributed by atoms with Crippen LogP contribution in [0, 0.1) is 10.1 Å². The Balaban J connectivity index is 3.22. The van der Waals surface area contributed by atoms with Crippen molar-refractivity contribution in [3.8, 4) is 0 Å². The summed E-state index contributed by atoms with van der Waals surface area (Å²) in [6.07, 6.45) is 0. The molecule has 0 unspecified atom stereocenters. The molecule has 0 aliphatic rings. The van der Waals surface area contributed by atoms with E-state index in [0.29, 0.717) is 11.3 Å². The zero-order valence-corrected chi connectivity index (χ0v) is 10.9. The van der Waals surface area contributed by atoms with Gasteiger partial charge in [0, 0.05) is 29.4 Å². The fourth-order valence-electron chi connectivity index (χ4n) is 1.81. The van der Waals surface area contributed by atoms with E-state index in [-0.39, 0.29) is 24.9 Å². The molecule has 1 aromatic carbocycles. The number of amides is 1. The lowest BCUT2D eigenvalue weighted by molar-refractivity contribution is -0.384. The molecule has 0 atom stereocenters. The Morgan fingerprint density at radius 1 is 1.53 bits per heavy atom. The minimum Gasteiger partial charge on any atom is -0.392 e. The number of carbonyl (C=O) groups is 1. The second kappa shape index (κ2) is 6.14. The largest absolute Gasteiger partial charge is 0.392 e. The van der Waals surface area contributed by atoms with Crippen molar-refractivity contribution in [3.63, 3.8) is 0 Å². The summed E-state index contributed by atoms with van der Waals surface area (Å²) in [6.45, 7) is 3.37. The Kier molecular flexibility index (Phi) is 4.82. The summed E-state index contributed by atoms with van der Waals surface area (Å²) < 4.78 is 0. The number of benzene rings is 1. The van der Waals surface area contributed by atoms with Crippen LogP contribution in [-0.2, 0) is 11.4 Å². The number of nitrogens with zero attached hydrogens (tertiary/aromatic N) is 2. The van der Waals surface area contributed by atoms with E-state index >= 15 is 0 Å². The second-order valence-corrected chi connectivity index (χ2v) is 4.42. The molecule has 0 aliphatic heterocycles. The van der Waals surface area contributed by atoms with Gasteiger partial charge >= 0.3 is 0 Å². The smallest absolute Gasteiger partial charge is 0.269 e. The second-order valence-electron chi connectivity index (χ2n) is 4.42. The fraction of sp³-hybridized carbons (Fsp3) is 0.417. The highest BCUT2D eigenvalue weighted by Gasteiger charge is 2.18. The van der Waals surface area contributed by atoms with Gasteiger partial charge in [0.25, 0.3) is 5.69 Å². The first-order valence-electron chi connectivity index (χ1n) is 5.80. The first kappa shape index (κ1) is 14.9. The first-order valence-corrected chi connectivity index (χ1v) is 5.80. The van der Waals surface area contributed by atoms with Gasteiger partial charge in [0.15, 0.2) is 0 Å². The molecule has 1 amide bonds. The Hall–Kier alpha value is -2.15. The van der Waals surface area contributed by atoms with Crippen LogP contribution in [0.4, 0.5) is 11.4 Å². The molecule has 0 saturated carbocycles. The van der Waals surface area contributed by atoms with Crippen LogP contribution in [0.25, 0.3) is 0 Å². The number of hydrogen-bond acceptors (Lipinski definition) is 5. The molecule has 7 nitrogen and oxygen atoms in total. The van der Waals surface area contributed by atoms with Crippen LogP contribution in [0.15, 0.2) is 18.2 Å². The minimum atomic E-state index is -0.531. The first-order chi connectivity index (χ1) is 8.86. The zero-order valence-electron chi connectivity index (χ0n) is 10.9. The lowest BCUT2D eigenvalue weighted by Gasteiger charge is -2.29. The number of rotatable bonds is 6. The molecule has 0 bridgehead atoms. The Labute approximate surface area is 110 Å². The number of hydrogen-bond donors (Lipinski definition) is 2. The minimum absolute atomic E-state index is 0.0114. The monoisotopic (exact) mass is 267 g/mol. The SMILES string of the molecule is CC(C)N(CC(N)=O)c1ccc([N+](=O)[O-])cc1CO. The molecule has 0 aliphatic carbocycles. The molecule has 1 rings (SSSR count). The number of nitrogens with two attached hydrogens (primary N) is 1. The van der Waals surface area contributed by atoms with Crippen LogP contribution in [0.1, 0.15) is 19.4 Å². The summed E-state index contributed by atoms with van der Waals surface area (Å²) >= 11 is 0. The number of nitro groups is 1. The molecule has 0 spiro atoms. The van der Waals surface area contributed by atoms with Crippen LogP contribution in [0.2, 0.25) is 0 Å². The van der Waals surface area contributed by atoms with Crippen LogP contribution in [0.3, 0.4) is 0 Å². The average Bonchev–Trinajstić information content (AvgIpc) is 2.34. The fourth-order valence-corrected chi connectivity index (χ4v) is 1.81. The van der Waals surface area contributed by atoms with Crippen molar-refractivity contribution < 1.29 is 14.8 Å². The third-order valence-corrected chi connectivity index (χ3v) is 2.70. The van der Waals surface area contributed by atoms with Gasteiger partial charge in [0.05, 0.1) is 18.1 Å². The molecule has 7 heteroatoms. The summed E-state index contributed by atoms with van der Waals surface area (Å²) in [6, 6.07) is 4.13. The van der Waals surface area contributed by atoms with E-state index < -0.39 is 10.8 Å². The van der Waals surface area contributed by atoms with Crippen LogP contribution < -0.4 is 10.6 Å². The summed E-state index contributed by atoms with van der Waals surface area (Å²) in [7, 11) is 0. The molecule has 104 valence electrons. The van der Waals surface area contributed by atoms with Gasteiger partial charge in [-0.05, 0) is 19.9 Å². The van der Waals surface area contributed by atoms with E-state index in [1.807, 2.05) is 13.8 Å². The Morgan fingerprint density at radius 2 is 2.16 bits per heavy atom. The highest BCUT2D eigenvalue weighted by atomic mass is 16.6. The molecule has 0 saturated heterocycles. The number of aliphatic hydroxyl groups excluding tert-OH is 1. The Bertz CT molecular complexity index is 488. The van der Waals surface area contributed by atoms with Gasteiger partial charge in [-0.1, -0.05) is 0 Å². The van der Waals surface area contributed by atoms with Crippen molar-refractivity contribution in [2.24, 2.45) is 5.73 Å². The maximum Gasteiger partial charge on any atom is 0.269 e. The van der Waals surface area contributed by atoms with Crippen LogP contribution >= 0.6 is 0 Å². The van der Waals surface area contributed by atoms with Gasteiger partial charge in [-0.15, -0.1) is 0 Å². The molecule has 1 aromatic rings. The molecule has 3 N–H and O–H groups in total. The lowest BCUT2D eigenvalue weighted by atomic mass is 10.1. The topological polar surface area (TPSA) is 110 Å². The van der Waals surface area contributed by atoms with Gasteiger partial charge in [0.2, 0.25) is 5.91 Å². The molecule has 0 aromatic heterocycles. The summed E-state index contributed by atoms with van der Waals surface area (Å²) in [5.41, 5.74) is 6.05. The quantitative estimate of drug-likeness (QED) is 0.584.